The molecule has 0 aliphatic rings. The maximum atomic E-state index is 13.6. The number of nitrogens with zero attached hydrogens (tertiary/aromatic N) is 2. The average molecular weight is 297 g/mol. The molecule has 1 N–H and O–H groups in total. The number of nitro groups is 1. The van der Waals surface area contributed by atoms with E-state index in [-0.39, 0.29) is 0 Å². The number of aromatic nitrogens is 1. The number of carbonyl (C=O) groups excluding carboxylic acids is 1. The van der Waals surface area contributed by atoms with Gasteiger partial charge in [-0.25, -0.2) is 13.8 Å². The van der Waals surface area contributed by atoms with Crippen LogP contribution in [0.3, 0.4) is 0 Å². The molecule has 0 saturated carbocycles. The summed E-state index contributed by atoms with van der Waals surface area (Å²) in [5.74, 6) is -4.51. The largest absolute Gasteiger partial charge is 0.312 e. The maximum Gasteiger partial charge on any atom is 0.298 e. The summed E-state index contributed by atoms with van der Waals surface area (Å²) in [7, 11) is 0. The van der Waals surface area contributed by atoms with Gasteiger partial charge in [0, 0.05) is 6.07 Å². The lowest BCUT2D eigenvalue weighted by molar-refractivity contribution is -0.384. The van der Waals surface area contributed by atoms with Crippen molar-refractivity contribution in [2.75, 3.05) is 5.32 Å². The number of nitrogens with one attached hydrogen (secondary N) is 1. The summed E-state index contributed by atoms with van der Waals surface area (Å²) in [4.78, 5) is 24.7. The molecule has 0 spiro atoms. The van der Waals surface area contributed by atoms with Gasteiger partial charge in [0.15, 0.2) is 11.5 Å². The van der Waals surface area contributed by atoms with Crippen LogP contribution in [0.5, 0.6) is 0 Å². The molecule has 0 saturated heterocycles. The zero-order valence-electron chi connectivity index (χ0n) is 10.1. The first-order valence-corrected chi connectivity index (χ1v) is 5.46. The van der Waals surface area contributed by atoms with Crippen LogP contribution in [0.15, 0.2) is 30.3 Å². The Morgan fingerprint density at radius 2 is 1.95 bits per heavy atom. The number of hydrogen-bond donors (Lipinski definition) is 1. The SMILES string of the molecule is O=C(Nc1c(F)cc(F)cc1[N+](=O)[O-])c1cccc(F)n1. The van der Waals surface area contributed by atoms with E-state index in [4.69, 9.17) is 0 Å². The van der Waals surface area contributed by atoms with Crippen molar-refractivity contribution in [2.45, 2.75) is 0 Å². The van der Waals surface area contributed by atoms with Crippen molar-refractivity contribution in [3.05, 3.63) is 63.7 Å². The van der Waals surface area contributed by atoms with Crippen molar-refractivity contribution < 1.29 is 22.9 Å². The zero-order valence-corrected chi connectivity index (χ0v) is 10.1. The molecule has 108 valence electrons. The molecule has 9 heteroatoms. The molecular weight excluding hydrogens is 291 g/mol. The van der Waals surface area contributed by atoms with Gasteiger partial charge in [-0.3, -0.25) is 14.9 Å². The van der Waals surface area contributed by atoms with Crippen LogP contribution in [0.4, 0.5) is 24.5 Å². The molecule has 1 amide bonds. The molecule has 2 aromatic rings. The van der Waals surface area contributed by atoms with Crippen molar-refractivity contribution in [1.82, 2.24) is 4.98 Å². The smallest absolute Gasteiger partial charge is 0.298 e. The van der Waals surface area contributed by atoms with E-state index in [1.165, 1.54) is 6.07 Å². The van der Waals surface area contributed by atoms with Gasteiger partial charge in [0.05, 0.1) is 11.0 Å². The summed E-state index contributed by atoms with van der Waals surface area (Å²) >= 11 is 0. The van der Waals surface area contributed by atoms with Crippen molar-refractivity contribution >= 4 is 17.3 Å². The van der Waals surface area contributed by atoms with Crippen LogP contribution in [0.1, 0.15) is 10.5 Å². The van der Waals surface area contributed by atoms with Crippen LogP contribution >= 0.6 is 0 Å². The first-order valence-electron chi connectivity index (χ1n) is 5.46. The van der Waals surface area contributed by atoms with E-state index >= 15 is 0 Å². The summed E-state index contributed by atoms with van der Waals surface area (Å²) in [6.07, 6.45) is 0. The van der Waals surface area contributed by atoms with Crippen LogP contribution in [0.25, 0.3) is 0 Å². The fraction of sp³-hybridized carbons (Fsp3) is 0. The molecule has 1 heterocycles. The lowest BCUT2D eigenvalue weighted by atomic mass is 10.2. The Kier molecular flexibility index (Phi) is 3.83. The van der Waals surface area contributed by atoms with E-state index in [1.807, 2.05) is 5.32 Å². The number of rotatable bonds is 3. The number of anilines is 1. The Labute approximate surface area is 115 Å². The fourth-order valence-corrected chi connectivity index (χ4v) is 1.54. The van der Waals surface area contributed by atoms with Gasteiger partial charge in [0.1, 0.15) is 11.5 Å². The molecule has 1 aromatic heterocycles. The van der Waals surface area contributed by atoms with Gasteiger partial charge >= 0.3 is 0 Å². The molecule has 0 aliphatic heterocycles. The standard InChI is InChI=1S/C12H6F3N3O3/c13-6-4-7(14)11(9(5-6)18(20)21)17-12(19)8-2-1-3-10(15)16-8/h1-5H,(H,17,19). The van der Waals surface area contributed by atoms with Gasteiger partial charge < -0.3 is 5.32 Å². The van der Waals surface area contributed by atoms with Crippen molar-refractivity contribution in [1.29, 1.82) is 0 Å². The number of nitro benzene ring substituents is 1. The van der Waals surface area contributed by atoms with E-state index in [0.29, 0.717) is 12.1 Å². The van der Waals surface area contributed by atoms with Gasteiger partial charge in [-0.2, -0.15) is 4.39 Å². The summed E-state index contributed by atoms with van der Waals surface area (Å²) in [6.45, 7) is 0. The molecule has 0 unspecified atom stereocenters. The van der Waals surface area contributed by atoms with Crippen LogP contribution in [0, 0.1) is 27.7 Å². The Morgan fingerprint density at radius 3 is 2.57 bits per heavy atom. The number of hydrogen-bond acceptors (Lipinski definition) is 4. The molecule has 0 fully saturated rings. The molecular formula is C12H6F3N3O3. The number of benzene rings is 1. The van der Waals surface area contributed by atoms with E-state index in [0.717, 1.165) is 12.1 Å². The van der Waals surface area contributed by atoms with Crippen molar-refractivity contribution in [3.63, 3.8) is 0 Å². The third-order valence-electron chi connectivity index (χ3n) is 2.42. The summed E-state index contributed by atoms with van der Waals surface area (Å²) in [5, 5.41) is 12.6. The summed E-state index contributed by atoms with van der Waals surface area (Å²) < 4.78 is 39.4. The molecule has 0 bridgehead atoms. The third kappa shape index (κ3) is 3.14. The van der Waals surface area contributed by atoms with Crippen LogP contribution in [-0.4, -0.2) is 15.8 Å². The molecule has 21 heavy (non-hydrogen) atoms. The number of pyridine rings is 1. The van der Waals surface area contributed by atoms with Crippen LogP contribution in [-0.2, 0) is 0 Å². The van der Waals surface area contributed by atoms with Crippen molar-refractivity contribution in [3.8, 4) is 0 Å². The molecule has 6 nitrogen and oxygen atoms in total. The average Bonchev–Trinajstić information content (AvgIpc) is 2.41. The van der Waals surface area contributed by atoms with Gasteiger partial charge in [-0.1, -0.05) is 6.07 Å². The molecule has 2 rings (SSSR count). The second-order valence-electron chi connectivity index (χ2n) is 3.84. The monoisotopic (exact) mass is 297 g/mol. The lowest BCUT2D eigenvalue weighted by Crippen LogP contribution is -2.16. The first-order chi connectivity index (χ1) is 9.88. The van der Waals surface area contributed by atoms with Crippen LogP contribution < -0.4 is 5.32 Å². The fourth-order valence-electron chi connectivity index (χ4n) is 1.54. The second-order valence-corrected chi connectivity index (χ2v) is 3.84. The Morgan fingerprint density at radius 1 is 1.24 bits per heavy atom. The predicted molar refractivity (Wildman–Crippen MR) is 65.2 cm³/mol. The van der Waals surface area contributed by atoms with E-state index in [9.17, 15) is 28.1 Å². The molecule has 0 aliphatic carbocycles. The van der Waals surface area contributed by atoms with Gasteiger partial charge in [0.2, 0.25) is 5.95 Å². The minimum Gasteiger partial charge on any atom is -0.312 e. The first kappa shape index (κ1) is 14.4. The van der Waals surface area contributed by atoms with Crippen LogP contribution in [0.2, 0.25) is 0 Å². The predicted octanol–water partition coefficient (Wildman–Crippen LogP) is 2.66. The highest BCUT2D eigenvalue weighted by Gasteiger charge is 2.23. The van der Waals surface area contributed by atoms with Crippen molar-refractivity contribution in [2.24, 2.45) is 0 Å². The highest BCUT2D eigenvalue weighted by Crippen LogP contribution is 2.28. The summed E-state index contributed by atoms with van der Waals surface area (Å²) in [5.41, 5.74) is -2.19. The normalized spacial score (nSPS) is 10.2. The summed E-state index contributed by atoms with van der Waals surface area (Å²) in [6, 6.07) is 4.13. The van der Waals surface area contributed by atoms with E-state index in [2.05, 4.69) is 4.98 Å². The minimum atomic E-state index is -1.33. The van der Waals surface area contributed by atoms with Gasteiger partial charge in [0.25, 0.3) is 11.6 Å². The highest BCUT2D eigenvalue weighted by molar-refractivity contribution is 6.04. The quantitative estimate of drug-likeness (QED) is 0.536. The minimum absolute atomic E-state index is 0.377. The number of carbonyl (C=O) groups is 1. The lowest BCUT2D eigenvalue weighted by Gasteiger charge is -2.07. The topological polar surface area (TPSA) is 85.1 Å². The maximum absolute atomic E-state index is 13.6. The Balaban J connectivity index is 2.39. The van der Waals surface area contributed by atoms with E-state index in [1.54, 1.807) is 0 Å². The molecule has 0 atom stereocenters. The zero-order chi connectivity index (χ0) is 15.6. The molecule has 1 aromatic carbocycles. The van der Waals surface area contributed by atoms with Gasteiger partial charge in [-0.05, 0) is 12.1 Å². The highest BCUT2D eigenvalue weighted by atomic mass is 19.1. The number of amides is 1. The Bertz CT molecular complexity index is 737. The Hall–Kier alpha value is -2.97. The number of halogens is 3. The second kappa shape index (κ2) is 5.57. The molecule has 0 radical (unpaired) electrons. The van der Waals surface area contributed by atoms with Gasteiger partial charge in [-0.15, -0.1) is 0 Å². The third-order valence-corrected chi connectivity index (χ3v) is 2.42. The van der Waals surface area contributed by atoms with E-state index < -0.39 is 45.5 Å².